The Hall–Kier alpha value is -1.32. The molecule has 1 heterocycles. The lowest BCUT2D eigenvalue weighted by Gasteiger charge is -2.19. The van der Waals surface area contributed by atoms with Gasteiger partial charge < -0.3 is 15.4 Å². The highest BCUT2D eigenvalue weighted by molar-refractivity contribution is 5.85. The van der Waals surface area contributed by atoms with E-state index in [2.05, 4.69) is 49.7 Å². The first-order valence-corrected chi connectivity index (χ1v) is 7.90. The molecule has 3 nitrogen and oxygen atoms in total. The third-order valence-corrected chi connectivity index (χ3v) is 4.04. The van der Waals surface area contributed by atoms with E-state index in [1.165, 1.54) is 22.0 Å². The van der Waals surface area contributed by atoms with Crippen LogP contribution in [0.3, 0.4) is 0 Å². The van der Waals surface area contributed by atoms with Crippen molar-refractivity contribution >= 4 is 10.9 Å². The summed E-state index contributed by atoms with van der Waals surface area (Å²) in [5, 5.41) is 10.4. The number of aryl methyl sites for hydroxylation is 2. The van der Waals surface area contributed by atoms with Gasteiger partial charge >= 0.3 is 0 Å². The molecule has 0 aliphatic carbocycles. The Labute approximate surface area is 127 Å². The average Bonchev–Trinajstić information content (AvgIpc) is 2.79. The fourth-order valence-electron chi connectivity index (χ4n) is 2.76. The predicted molar refractivity (Wildman–Crippen MR) is 89.7 cm³/mol. The molecule has 3 heteroatoms. The fraction of sp³-hybridized carbons (Fsp3) is 0.556. The standard InChI is InChI=1S/C18H28N2O/c1-18(2,3)15-7-8-17-16(12-15)14(6-4-9-19)13-20(17)10-5-11-21/h7-8,12-13,21H,4-6,9-11,19H2,1-3H3. The lowest BCUT2D eigenvalue weighted by Crippen LogP contribution is -2.10. The number of hydrogen-bond acceptors (Lipinski definition) is 2. The molecule has 0 spiro atoms. The number of hydrogen-bond donors (Lipinski definition) is 2. The van der Waals surface area contributed by atoms with Gasteiger partial charge in [-0.1, -0.05) is 26.8 Å². The van der Waals surface area contributed by atoms with Crippen molar-refractivity contribution in [1.29, 1.82) is 0 Å². The Kier molecular flexibility index (Phi) is 5.07. The Morgan fingerprint density at radius 3 is 2.57 bits per heavy atom. The molecule has 2 aromatic rings. The van der Waals surface area contributed by atoms with Crippen molar-refractivity contribution in [1.82, 2.24) is 4.57 Å². The van der Waals surface area contributed by atoms with Gasteiger partial charge in [-0.15, -0.1) is 0 Å². The Morgan fingerprint density at radius 1 is 1.19 bits per heavy atom. The number of aliphatic hydroxyl groups excluding tert-OH is 1. The van der Waals surface area contributed by atoms with Crippen molar-refractivity contribution < 1.29 is 5.11 Å². The highest BCUT2D eigenvalue weighted by Gasteiger charge is 2.16. The average molecular weight is 288 g/mol. The van der Waals surface area contributed by atoms with E-state index >= 15 is 0 Å². The van der Waals surface area contributed by atoms with E-state index in [-0.39, 0.29) is 12.0 Å². The summed E-state index contributed by atoms with van der Waals surface area (Å²) in [6.45, 7) is 8.56. The van der Waals surface area contributed by atoms with E-state index in [1.807, 2.05) is 0 Å². The van der Waals surface area contributed by atoms with Crippen LogP contribution in [-0.4, -0.2) is 22.8 Å². The summed E-state index contributed by atoms with van der Waals surface area (Å²) >= 11 is 0. The van der Waals surface area contributed by atoms with Crippen LogP contribution >= 0.6 is 0 Å². The van der Waals surface area contributed by atoms with E-state index < -0.39 is 0 Å². The van der Waals surface area contributed by atoms with Crippen LogP contribution in [-0.2, 0) is 18.4 Å². The van der Waals surface area contributed by atoms with Crippen LogP contribution < -0.4 is 5.73 Å². The van der Waals surface area contributed by atoms with E-state index in [1.54, 1.807) is 0 Å². The molecule has 2 rings (SSSR count). The number of nitrogens with zero attached hydrogens (tertiary/aromatic N) is 1. The fourth-order valence-corrected chi connectivity index (χ4v) is 2.76. The summed E-state index contributed by atoms with van der Waals surface area (Å²) < 4.78 is 2.27. The molecular formula is C18H28N2O. The Balaban J connectivity index is 2.47. The molecule has 1 aromatic carbocycles. The van der Waals surface area contributed by atoms with Crippen LogP contribution in [0.15, 0.2) is 24.4 Å². The zero-order chi connectivity index (χ0) is 15.5. The maximum atomic E-state index is 9.07. The second-order valence-corrected chi connectivity index (χ2v) is 6.80. The molecular weight excluding hydrogens is 260 g/mol. The Morgan fingerprint density at radius 2 is 1.95 bits per heavy atom. The van der Waals surface area contributed by atoms with Gasteiger partial charge in [0.25, 0.3) is 0 Å². The first-order chi connectivity index (χ1) is 9.97. The lowest BCUT2D eigenvalue weighted by molar-refractivity contribution is 0.280. The van der Waals surface area contributed by atoms with Crippen molar-refractivity contribution in [2.75, 3.05) is 13.2 Å². The molecule has 0 unspecified atom stereocenters. The normalized spacial score (nSPS) is 12.2. The largest absolute Gasteiger partial charge is 0.396 e. The second kappa shape index (κ2) is 6.63. The van der Waals surface area contributed by atoms with Gasteiger partial charge in [0.05, 0.1) is 0 Å². The molecule has 0 aliphatic heterocycles. The van der Waals surface area contributed by atoms with Crippen LogP contribution in [0, 0.1) is 0 Å². The molecule has 0 amide bonds. The molecule has 3 N–H and O–H groups in total. The third-order valence-electron chi connectivity index (χ3n) is 4.04. The van der Waals surface area contributed by atoms with Crippen molar-refractivity contribution in [3.05, 3.63) is 35.5 Å². The van der Waals surface area contributed by atoms with E-state index in [0.29, 0.717) is 0 Å². The van der Waals surface area contributed by atoms with Gasteiger partial charge in [-0.05, 0) is 54.5 Å². The zero-order valence-corrected chi connectivity index (χ0v) is 13.5. The lowest BCUT2D eigenvalue weighted by atomic mass is 9.86. The van der Waals surface area contributed by atoms with Crippen LogP contribution in [0.4, 0.5) is 0 Å². The van der Waals surface area contributed by atoms with Gasteiger partial charge in [0.1, 0.15) is 0 Å². The second-order valence-electron chi connectivity index (χ2n) is 6.80. The predicted octanol–water partition coefficient (Wildman–Crippen LogP) is 3.21. The first-order valence-electron chi connectivity index (χ1n) is 7.90. The summed E-state index contributed by atoms with van der Waals surface area (Å²) in [6, 6.07) is 6.78. The highest BCUT2D eigenvalue weighted by Crippen LogP contribution is 2.29. The van der Waals surface area contributed by atoms with E-state index in [9.17, 15) is 0 Å². The van der Waals surface area contributed by atoms with Crippen LogP contribution in [0.2, 0.25) is 0 Å². The van der Waals surface area contributed by atoms with Gasteiger partial charge in [0, 0.05) is 30.3 Å². The molecule has 116 valence electrons. The number of aliphatic hydroxyl groups is 1. The first kappa shape index (κ1) is 16.1. The molecule has 0 aliphatic rings. The van der Waals surface area contributed by atoms with Crippen molar-refractivity contribution in [3.8, 4) is 0 Å². The third kappa shape index (κ3) is 3.66. The molecule has 0 saturated heterocycles. The van der Waals surface area contributed by atoms with E-state index in [4.69, 9.17) is 10.8 Å². The van der Waals surface area contributed by atoms with Crippen LogP contribution in [0.25, 0.3) is 10.9 Å². The summed E-state index contributed by atoms with van der Waals surface area (Å²) in [5.74, 6) is 0. The van der Waals surface area contributed by atoms with Gasteiger partial charge in [-0.2, -0.15) is 0 Å². The van der Waals surface area contributed by atoms with Crippen LogP contribution in [0.1, 0.15) is 44.7 Å². The van der Waals surface area contributed by atoms with Gasteiger partial charge in [0.2, 0.25) is 0 Å². The summed E-state index contributed by atoms with van der Waals surface area (Å²) in [5.41, 5.74) is 9.83. The minimum Gasteiger partial charge on any atom is -0.396 e. The molecule has 1 aromatic heterocycles. The summed E-state index contributed by atoms with van der Waals surface area (Å²) in [4.78, 5) is 0. The van der Waals surface area contributed by atoms with Gasteiger partial charge in [-0.3, -0.25) is 0 Å². The topological polar surface area (TPSA) is 51.2 Å². The highest BCUT2D eigenvalue weighted by atomic mass is 16.3. The maximum Gasteiger partial charge on any atom is 0.0483 e. The van der Waals surface area contributed by atoms with Gasteiger partial charge in [-0.25, -0.2) is 0 Å². The van der Waals surface area contributed by atoms with Gasteiger partial charge in [0.15, 0.2) is 0 Å². The zero-order valence-electron chi connectivity index (χ0n) is 13.5. The SMILES string of the molecule is CC(C)(C)c1ccc2c(c1)c(CCCN)cn2CCCO. The number of benzene rings is 1. The number of nitrogens with two attached hydrogens (primary N) is 1. The monoisotopic (exact) mass is 288 g/mol. The summed E-state index contributed by atoms with van der Waals surface area (Å²) in [6.07, 6.45) is 5.06. The minimum atomic E-state index is 0.159. The number of rotatable bonds is 6. The molecule has 0 radical (unpaired) electrons. The minimum absolute atomic E-state index is 0.159. The summed E-state index contributed by atoms with van der Waals surface area (Å²) in [7, 11) is 0. The molecule has 0 fully saturated rings. The number of aromatic nitrogens is 1. The molecule has 0 bridgehead atoms. The van der Waals surface area contributed by atoms with Crippen molar-refractivity contribution in [2.24, 2.45) is 5.73 Å². The smallest absolute Gasteiger partial charge is 0.0483 e. The van der Waals surface area contributed by atoms with Crippen molar-refractivity contribution in [2.45, 2.75) is 52.0 Å². The van der Waals surface area contributed by atoms with E-state index in [0.717, 1.165) is 32.4 Å². The Bertz CT molecular complexity index is 593. The molecule has 0 atom stereocenters. The maximum absolute atomic E-state index is 9.07. The molecule has 21 heavy (non-hydrogen) atoms. The molecule has 0 saturated carbocycles. The number of fused-ring (bicyclic) bond motifs is 1. The van der Waals surface area contributed by atoms with Crippen LogP contribution in [0.5, 0.6) is 0 Å². The van der Waals surface area contributed by atoms with Crippen molar-refractivity contribution in [3.63, 3.8) is 0 Å². The quantitative estimate of drug-likeness (QED) is 0.857.